The number of methoxy groups -OCH3 is 1. The van der Waals surface area contributed by atoms with Gasteiger partial charge in [0.25, 0.3) is 0 Å². The van der Waals surface area contributed by atoms with Crippen LogP contribution < -0.4 is 15.0 Å². The van der Waals surface area contributed by atoms with Crippen molar-refractivity contribution < 1.29 is 9.53 Å². The number of amides is 1. The van der Waals surface area contributed by atoms with Gasteiger partial charge in [0.2, 0.25) is 5.91 Å². The van der Waals surface area contributed by atoms with Crippen molar-refractivity contribution in [3.8, 4) is 11.4 Å². The Balaban J connectivity index is 1.49. The van der Waals surface area contributed by atoms with E-state index in [-0.39, 0.29) is 18.5 Å². The van der Waals surface area contributed by atoms with Crippen LogP contribution in [0.25, 0.3) is 16.0 Å². The maximum Gasteiger partial charge on any atom is 0.240 e. The van der Waals surface area contributed by atoms with Crippen LogP contribution in [-0.4, -0.2) is 41.4 Å². The molecule has 0 aliphatic rings. The summed E-state index contributed by atoms with van der Waals surface area (Å²) in [4.78, 5) is 19.4. The summed E-state index contributed by atoms with van der Waals surface area (Å²) in [6.07, 6.45) is 0. The van der Waals surface area contributed by atoms with Gasteiger partial charge in [-0.1, -0.05) is 29.5 Å². The minimum atomic E-state index is -0.0635. The Bertz CT molecular complexity index is 1290. The van der Waals surface area contributed by atoms with Crippen molar-refractivity contribution in [3.05, 3.63) is 64.8 Å². The molecule has 1 amide bonds. The number of carbonyl (C=O) groups is 1. The lowest BCUT2D eigenvalue weighted by atomic mass is 10.0. The van der Waals surface area contributed by atoms with E-state index in [1.54, 1.807) is 18.4 Å². The summed E-state index contributed by atoms with van der Waals surface area (Å²) in [5.74, 6) is 0.745. The van der Waals surface area contributed by atoms with E-state index in [0.29, 0.717) is 0 Å². The average Bonchev–Trinajstić information content (AvgIpc) is 3.36. The third-order valence-electron chi connectivity index (χ3n) is 5.81. The van der Waals surface area contributed by atoms with Gasteiger partial charge in [0.15, 0.2) is 10.8 Å². The lowest BCUT2D eigenvalue weighted by molar-refractivity contribution is -0.120. The quantitative estimate of drug-likeness (QED) is 0.429. The van der Waals surface area contributed by atoms with Crippen LogP contribution in [0.5, 0.6) is 5.75 Å². The molecule has 0 aliphatic carbocycles. The second-order valence-electron chi connectivity index (χ2n) is 8.33. The van der Waals surface area contributed by atoms with Crippen molar-refractivity contribution in [2.45, 2.75) is 33.7 Å². The van der Waals surface area contributed by atoms with E-state index in [0.717, 1.165) is 38.2 Å². The number of hydrogen-bond donors (Lipinski definition) is 1. The van der Waals surface area contributed by atoms with Gasteiger partial charge < -0.3 is 15.0 Å². The smallest absolute Gasteiger partial charge is 0.240 e. The van der Waals surface area contributed by atoms with Crippen LogP contribution in [0.4, 0.5) is 5.13 Å². The molecular formula is C25H29N5O2S. The topological polar surface area (TPSA) is 72.3 Å². The van der Waals surface area contributed by atoms with Gasteiger partial charge >= 0.3 is 0 Å². The highest BCUT2D eigenvalue weighted by Crippen LogP contribution is 2.32. The SMILES string of the molecule is COc1ccc(-n2nc(C)c3sc(N(C)CC(=O)NC(C)c4ccc(C)c(C)c4)nc32)cc1. The monoisotopic (exact) mass is 463 g/mol. The lowest BCUT2D eigenvalue weighted by Crippen LogP contribution is -2.36. The molecule has 8 heteroatoms. The number of benzene rings is 2. The van der Waals surface area contributed by atoms with Gasteiger partial charge in [-0.05, 0) is 68.7 Å². The number of aromatic nitrogens is 3. The number of nitrogens with zero attached hydrogens (tertiary/aromatic N) is 4. The van der Waals surface area contributed by atoms with Gasteiger partial charge in [-0.15, -0.1) is 0 Å². The fourth-order valence-corrected chi connectivity index (χ4v) is 4.62. The molecule has 0 bridgehead atoms. The minimum Gasteiger partial charge on any atom is -0.497 e. The van der Waals surface area contributed by atoms with Crippen LogP contribution in [0, 0.1) is 20.8 Å². The number of carbonyl (C=O) groups excluding carboxylic acids is 1. The number of nitrogens with one attached hydrogen (secondary N) is 1. The number of anilines is 1. The highest BCUT2D eigenvalue weighted by Gasteiger charge is 2.19. The largest absolute Gasteiger partial charge is 0.497 e. The molecule has 1 atom stereocenters. The first kappa shape index (κ1) is 22.8. The first-order valence-electron chi connectivity index (χ1n) is 10.8. The van der Waals surface area contributed by atoms with E-state index in [9.17, 15) is 4.79 Å². The standard InChI is InChI=1S/C25H29N5O2S/c1-15-7-8-19(13-16(15)2)17(3)26-22(31)14-29(5)25-27-24-23(33-25)18(4)28-30(24)20-9-11-21(32-6)12-10-20/h7-13,17H,14H2,1-6H3,(H,26,31). The zero-order valence-corrected chi connectivity index (χ0v) is 20.7. The van der Waals surface area contributed by atoms with Gasteiger partial charge in [0.05, 0.1) is 35.8 Å². The Morgan fingerprint density at radius 2 is 1.88 bits per heavy atom. The molecule has 2 heterocycles. The van der Waals surface area contributed by atoms with Crippen molar-refractivity contribution >= 4 is 32.7 Å². The molecule has 0 radical (unpaired) electrons. The van der Waals surface area contributed by atoms with Gasteiger partial charge in [0.1, 0.15) is 5.75 Å². The molecule has 172 valence electrons. The molecule has 0 spiro atoms. The van der Waals surface area contributed by atoms with Crippen molar-refractivity contribution in [1.82, 2.24) is 20.1 Å². The van der Waals surface area contributed by atoms with Gasteiger partial charge in [0, 0.05) is 7.05 Å². The summed E-state index contributed by atoms with van der Waals surface area (Å²) in [5, 5.41) is 8.53. The normalized spacial score (nSPS) is 12.1. The number of aryl methyl sites for hydroxylation is 3. The summed E-state index contributed by atoms with van der Waals surface area (Å²) in [5.41, 5.74) is 6.18. The fraction of sp³-hybridized carbons (Fsp3) is 0.320. The number of thiazole rings is 1. The van der Waals surface area contributed by atoms with Crippen molar-refractivity contribution in [2.75, 3.05) is 25.6 Å². The molecule has 7 nitrogen and oxygen atoms in total. The fourth-order valence-electron chi connectivity index (χ4n) is 3.68. The number of hydrogen-bond acceptors (Lipinski definition) is 6. The minimum absolute atomic E-state index is 0.0454. The summed E-state index contributed by atoms with van der Waals surface area (Å²) >= 11 is 1.54. The van der Waals surface area contributed by atoms with E-state index < -0.39 is 0 Å². The molecule has 0 saturated carbocycles. The van der Waals surface area contributed by atoms with E-state index in [1.807, 2.05) is 54.7 Å². The van der Waals surface area contributed by atoms with Crippen LogP contribution in [-0.2, 0) is 4.79 Å². The third kappa shape index (κ3) is 4.71. The molecular weight excluding hydrogens is 434 g/mol. The van der Waals surface area contributed by atoms with Crippen LogP contribution in [0.2, 0.25) is 0 Å². The molecule has 0 saturated heterocycles. The van der Waals surface area contributed by atoms with Crippen LogP contribution in [0.3, 0.4) is 0 Å². The Morgan fingerprint density at radius 3 is 2.55 bits per heavy atom. The molecule has 0 aliphatic heterocycles. The van der Waals surface area contributed by atoms with Crippen molar-refractivity contribution in [1.29, 1.82) is 0 Å². The van der Waals surface area contributed by atoms with Gasteiger partial charge in [-0.3, -0.25) is 4.79 Å². The molecule has 1 unspecified atom stereocenters. The lowest BCUT2D eigenvalue weighted by Gasteiger charge is -2.19. The third-order valence-corrected chi connectivity index (χ3v) is 7.08. The number of fused-ring (bicyclic) bond motifs is 1. The maximum atomic E-state index is 12.7. The summed E-state index contributed by atoms with van der Waals surface area (Å²) in [7, 11) is 3.53. The Hall–Kier alpha value is -3.39. The predicted molar refractivity (Wildman–Crippen MR) is 134 cm³/mol. The molecule has 2 aromatic carbocycles. The molecule has 2 aromatic heterocycles. The second kappa shape index (κ2) is 9.23. The Morgan fingerprint density at radius 1 is 1.15 bits per heavy atom. The number of ether oxygens (including phenoxy) is 1. The molecule has 4 rings (SSSR count). The molecule has 33 heavy (non-hydrogen) atoms. The summed E-state index contributed by atoms with van der Waals surface area (Å²) in [6.45, 7) is 8.38. The van der Waals surface area contributed by atoms with Crippen LogP contribution >= 0.6 is 11.3 Å². The zero-order chi connectivity index (χ0) is 23.7. The molecule has 1 N–H and O–H groups in total. The highest BCUT2D eigenvalue weighted by molar-refractivity contribution is 7.22. The van der Waals surface area contributed by atoms with Crippen LogP contribution in [0.1, 0.15) is 35.3 Å². The van der Waals surface area contributed by atoms with Gasteiger partial charge in [-0.2, -0.15) is 10.1 Å². The molecule has 0 fully saturated rings. The van der Waals surface area contributed by atoms with E-state index in [2.05, 4.69) is 42.5 Å². The number of rotatable bonds is 7. The van der Waals surface area contributed by atoms with E-state index in [4.69, 9.17) is 9.72 Å². The highest BCUT2D eigenvalue weighted by atomic mass is 32.1. The maximum absolute atomic E-state index is 12.7. The second-order valence-corrected chi connectivity index (χ2v) is 9.31. The summed E-state index contributed by atoms with van der Waals surface area (Å²) in [6, 6.07) is 13.9. The van der Waals surface area contributed by atoms with Gasteiger partial charge in [-0.25, -0.2) is 4.68 Å². The average molecular weight is 464 g/mol. The van der Waals surface area contributed by atoms with Crippen molar-refractivity contribution in [3.63, 3.8) is 0 Å². The first-order chi connectivity index (χ1) is 15.8. The van der Waals surface area contributed by atoms with E-state index >= 15 is 0 Å². The molecule has 4 aromatic rings. The Labute approximate surface area is 198 Å². The zero-order valence-electron chi connectivity index (χ0n) is 19.8. The Kier molecular flexibility index (Phi) is 6.37. The number of likely N-dealkylation sites (N-methyl/N-ethyl adjacent to an activating group) is 1. The summed E-state index contributed by atoms with van der Waals surface area (Å²) < 4.78 is 8.09. The van der Waals surface area contributed by atoms with E-state index in [1.165, 1.54) is 11.1 Å². The first-order valence-corrected chi connectivity index (χ1v) is 11.7. The van der Waals surface area contributed by atoms with Crippen molar-refractivity contribution in [2.24, 2.45) is 0 Å². The predicted octanol–water partition coefficient (Wildman–Crippen LogP) is 4.73. The van der Waals surface area contributed by atoms with Crippen LogP contribution in [0.15, 0.2) is 42.5 Å².